The summed E-state index contributed by atoms with van der Waals surface area (Å²) in [7, 11) is 0. The molecule has 18 heavy (non-hydrogen) atoms. The highest BCUT2D eigenvalue weighted by atomic mass is 35.5. The number of halogens is 1. The zero-order valence-corrected chi connectivity index (χ0v) is 11.9. The predicted molar refractivity (Wildman–Crippen MR) is 69.4 cm³/mol. The van der Waals surface area contributed by atoms with Crippen molar-refractivity contribution >= 4 is 28.7 Å². The van der Waals surface area contributed by atoms with Gasteiger partial charge in [0.15, 0.2) is 0 Å². The van der Waals surface area contributed by atoms with E-state index in [0.717, 1.165) is 0 Å². The Bertz CT molecular complexity index is 485. The van der Waals surface area contributed by atoms with Gasteiger partial charge in [0.1, 0.15) is 0 Å². The van der Waals surface area contributed by atoms with Crippen molar-refractivity contribution in [2.45, 2.75) is 32.6 Å². The Balaban J connectivity index is 3.07. The van der Waals surface area contributed by atoms with Crippen molar-refractivity contribution in [3.05, 3.63) is 33.8 Å². The Morgan fingerprint density at radius 3 is 2.61 bits per heavy atom. The van der Waals surface area contributed by atoms with Gasteiger partial charge in [-0.3, -0.25) is 4.21 Å². The lowest BCUT2D eigenvalue weighted by molar-refractivity contribution is 0.0378. The van der Waals surface area contributed by atoms with E-state index in [-0.39, 0.29) is 22.4 Å². The average molecular weight is 290 g/mol. The molecule has 0 aliphatic heterocycles. The van der Waals surface area contributed by atoms with Gasteiger partial charge in [-0.1, -0.05) is 28.7 Å². The molecule has 1 atom stereocenters. The van der Waals surface area contributed by atoms with Crippen LogP contribution < -0.4 is 0 Å². The van der Waals surface area contributed by atoms with Gasteiger partial charge in [0.2, 0.25) is 0 Å². The van der Waals surface area contributed by atoms with E-state index in [0.29, 0.717) is 11.1 Å². The van der Waals surface area contributed by atoms with E-state index in [1.807, 2.05) is 0 Å². The van der Waals surface area contributed by atoms with Crippen LogP contribution in [0.1, 0.15) is 35.3 Å². The molecule has 0 aliphatic rings. The van der Waals surface area contributed by atoms with Gasteiger partial charge in [-0.2, -0.15) is 0 Å². The zero-order chi connectivity index (χ0) is 13.9. The molecular weight excluding hydrogens is 276 g/mol. The maximum Gasteiger partial charge on any atom is 0.339 e. The van der Waals surface area contributed by atoms with Crippen molar-refractivity contribution in [1.82, 2.24) is 0 Å². The summed E-state index contributed by atoms with van der Waals surface area (Å²) < 4.78 is 26.4. The van der Waals surface area contributed by atoms with E-state index in [1.54, 1.807) is 26.8 Å². The Kier molecular flexibility index (Phi) is 5.31. The third kappa shape index (κ3) is 3.80. The van der Waals surface area contributed by atoms with Gasteiger partial charge in [-0.15, -0.1) is 0 Å². The van der Waals surface area contributed by atoms with Crippen molar-refractivity contribution in [2.24, 2.45) is 0 Å². The van der Waals surface area contributed by atoms with Crippen molar-refractivity contribution in [3.8, 4) is 0 Å². The van der Waals surface area contributed by atoms with Crippen molar-refractivity contribution in [2.75, 3.05) is 0 Å². The molecule has 1 aromatic rings. The molecule has 1 aromatic carbocycles. The van der Waals surface area contributed by atoms with E-state index in [9.17, 15) is 13.6 Å². The molecule has 0 N–H and O–H groups in total. The minimum absolute atomic E-state index is 0.120. The molecule has 0 aliphatic carbocycles. The van der Waals surface area contributed by atoms with E-state index in [1.165, 1.54) is 6.07 Å². The molecule has 0 saturated carbocycles. The highest BCUT2D eigenvalue weighted by molar-refractivity contribution is 7.78. The summed E-state index contributed by atoms with van der Waals surface area (Å²) in [6, 6.07) is 3.07. The van der Waals surface area contributed by atoms with Crippen LogP contribution in [0.25, 0.3) is 0 Å². The Labute approximate surface area is 114 Å². The van der Waals surface area contributed by atoms with E-state index >= 15 is 0 Å². The molecule has 100 valence electrons. The summed E-state index contributed by atoms with van der Waals surface area (Å²) in [5.41, 5.74) is 1.41. The smallest absolute Gasteiger partial charge is 0.339 e. The number of hydrogen-bond donors (Lipinski definition) is 0. The van der Waals surface area contributed by atoms with E-state index in [4.69, 9.17) is 16.3 Å². The quantitative estimate of drug-likeness (QED) is 0.631. The monoisotopic (exact) mass is 289 g/mol. The predicted octanol–water partition coefficient (Wildman–Crippen LogP) is 2.59. The Morgan fingerprint density at radius 1 is 1.50 bits per heavy atom. The van der Waals surface area contributed by atoms with Crippen LogP contribution in [-0.2, 0) is 21.6 Å². The molecule has 0 bridgehead atoms. The number of ether oxygens (including phenoxy) is 1. The van der Waals surface area contributed by atoms with Gasteiger partial charge in [0.25, 0.3) is 0 Å². The molecule has 0 saturated heterocycles. The SMILES string of the molecule is Cc1c(CS(=O)[O-])ccc(C(=O)OC(C)C)c1Cl. The maximum absolute atomic E-state index is 11.7. The first kappa shape index (κ1) is 15.1. The van der Waals surface area contributed by atoms with Gasteiger partial charge in [0, 0.05) is 5.75 Å². The maximum atomic E-state index is 11.7. The van der Waals surface area contributed by atoms with Crippen LogP contribution in [0.3, 0.4) is 0 Å². The number of carbonyl (C=O) groups is 1. The van der Waals surface area contributed by atoms with Gasteiger partial charge < -0.3 is 9.29 Å². The highest BCUT2D eigenvalue weighted by Crippen LogP contribution is 2.25. The van der Waals surface area contributed by atoms with Gasteiger partial charge in [-0.05, 0) is 38.0 Å². The van der Waals surface area contributed by atoms with Crippen LogP contribution in [0, 0.1) is 6.92 Å². The number of benzene rings is 1. The second kappa shape index (κ2) is 6.31. The molecule has 1 unspecified atom stereocenters. The van der Waals surface area contributed by atoms with Crippen LogP contribution in [0.2, 0.25) is 5.02 Å². The minimum Gasteiger partial charge on any atom is -0.772 e. The normalized spacial score (nSPS) is 12.6. The van der Waals surface area contributed by atoms with Crippen molar-refractivity contribution in [1.29, 1.82) is 0 Å². The molecular formula is C12H14ClO4S-. The summed E-state index contributed by atoms with van der Waals surface area (Å²) in [6.45, 7) is 5.16. The highest BCUT2D eigenvalue weighted by Gasteiger charge is 2.16. The summed E-state index contributed by atoms with van der Waals surface area (Å²) in [5.74, 6) is -0.627. The fourth-order valence-electron chi connectivity index (χ4n) is 1.44. The van der Waals surface area contributed by atoms with E-state index in [2.05, 4.69) is 0 Å². The Hall–Kier alpha value is -0.910. The first-order valence-electron chi connectivity index (χ1n) is 5.37. The molecule has 0 fully saturated rings. The standard InChI is InChI=1S/C12H15ClO4S/c1-7(2)17-12(14)10-5-4-9(6-18(15)16)8(3)11(10)13/h4-5,7H,6H2,1-3H3,(H,15,16)/p-1. The van der Waals surface area contributed by atoms with Crippen molar-refractivity contribution in [3.63, 3.8) is 0 Å². The number of esters is 1. The molecule has 0 aromatic heterocycles. The fraction of sp³-hybridized carbons (Fsp3) is 0.417. The number of hydrogen-bond acceptors (Lipinski definition) is 4. The molecule has 0 spiro atoms. The lowest BCUT2D eigenvalue weighted by Gasteiger charge is -2.14. The summed E-state index contributed by atoms with van der Waals surface area (Å²) in [6.07, 6.45) is -0.234. The van der Waals surface area contributed by atoms with Gasteiger partial charge in [0.05, 0.1) is 16.7 Å². The first-order valence-corrected chi connectivity index (χ1v) is 7.00. The molecule has 0 amide bonds. The summed E-state index contributed by atoms with van der Waals surface area (Å²) in [5, 5.41) is 0.239. The molecule has 0 radical (unpaired) electrons. The van der Waals surface area contributed by atoms with Crippen LogP contribution in [-0.4, -0.2) is 20.8 Å². The molecule has 6 heteroatoms. The number of rotatable bonds is 4. The topological polar surface area (TPSA) is 66.4 Å². The lowest BCUT2D eigenvalue weighted by Crippen LogP contribution is -2.13. The third-order valence-electron chi connectivity index (χ3n) is 2.33. The Morgan fingerprint density at radius 2 is 2.11 bits per heavy atom. The van der Waals surface area contributed by atoms with Crippen LogP contribution in [0.15, 0.2) is 12.1 Å². The summed E-state index contributed by atoms with van der Waals surface area (Å²) >= 11 is 3.87. The van der Waals surface area contributed by atoms with Crippen LogP contribution in [0.4, 0.5) is 0 Å². The second-order valence-electron chi connectivity index (χ2n) is 4.11. The minimum atomic E-state index is -2.19. The van der Waals surface area contributed by atoms with Crippen molar-refractivity contribution < 1.29 is 18.3 Å². The molecule has 0 heterocycles. The molecule has 1 rings (SSSR count). The largest absolute Gasteiger partial charge is 0.772 e. The van der Waals surface area contributed by atoms with E-state index < -0.39 is 17.0 Å². The van der Waals surface area contributed by atoms with Gasteiger partial charge >= 0.3 is 5.97 Å². The third-order valence-corrected chi connectivity index (χ3v) is 3.37. The zero-order valence-electron chi connectivity index (χ0n) is 10.4. The molecule has 4 nitrogen and oxygen atoms in total. The van der Waals surface area contributed by atoms with Crippen LogP contribution in [0.5, 0.6) is 0 Å². The first-order chi connectivity index (χ1) is 8.32. The van der Waals surface area contributed by atoms with Crippen LogP contribution >= 0.6 is 11.6 Å². The average Bonchev–Trinajstić information content (AvgIpc) is 2.23. The second-order valence-corrected chi connectivity index (χ2v) is 5.39. The fourth-order valence-corrected chi connectivity index (χ4v) is 2.27. The number of carbonyl (C=O) groups excluding carboxylic acids is 1. The van der Waals surface area contributed by atoms with Gasteiger partial charge in [-0.25, -0.2) is 4.79 Å². The summed E-state index contributed by atoms with van der Waals surface area (Å²) in [4.78, 5) is 11.7. The lowest BCUT2D eigenvalue weighted by atomic mass is 10.1.